The standard InChI is InChI=1S/C21H17Cl2NO2/c22-17-9-10-20(19(23)13-17)24-21(25)12-16-7-4-8-18(11-16)26-14-15-5-2-1-3-6-15/h1-11,13H,12,14H2,(H,24,25). The predicted molar refractivity (Wildman–Crippen MR) is 106 cm³/mol. The number of anilines is 1. The maximum Gasteiger partial charge on any atom is 0.228 e. The quantitative estimate of drug-likeness (QED) is 0.586. The summed E-state index contributed by atoms with van der Waals surface area (Å²) in [6.07, 6.45) is 0.224. The van der Waals surface area contributed by atoms with Crippen LogP contribution in [0.5, 0.6) is 5.75 Å². The van der Waals surface area contributed by atoms with Crippen LogP contribution < -0.4 is 10.1 Å². The average Bonchev–Trinajstić information content (AvgIpc) is 2.63. The molecule has 0 fully saturated rings. The molecule has 1 amide bonds. The summed E-state index contributed by atoms with van der Waals surface area (Å²) >= 11 is 11.9. The summed E-state index contributed by atoms with van der Waals surface area (Å²) in [5, 5.41) is 3.73. The zero-order valence-electron chi connectivity index (χ0n) is 13.9. The SMILES string of the molecule is O=C(Cc1cccc(OCc2ccccc2)c1)Nc1ccc(Cl)cc1Cl. The summed E-state index contributed by atoms with van der Waals surface area (Å²) in [4.78, 5) is 12.3. The normalized spacial score (nSPS) is 10.4. The zero-order chi connectivity index (χ0) is 18.4. The predicted octanol–water partition coefficient (Wildman–Crippen LogP) is 5.75. The van der Waals surface area contributed by atoms with Gasteiger partial charge < -0.3 is 10.1 Å². The van der Waals surface area contributed by atoms with Gasteiger partial charge in [-0.2, -0.15) is 0 Å². The minimum atomic E-state index is -0.158. The van der Waals surface area contributed by atoms with Crippen LogP contribution in [-0.4, -0.2) is 5.91 Å². The van der Waals surface area contributed by atoms with Gasteiger partial charge in [-0.3, -0.25) is 4.79 Å². The third-order valence-electron chi connectivity index (χ3n) is 3.72. The molecule has 0 aromatic heterocycles. The van der Waals surface area contributed by atoms with E-state index in [0.717, 1.165) is 16.9 Å². The molecule has 0 aliphatic heterocycles. The second kappa shape index (κ2) is 8.75. The number of amides is 1. The van der Waals surface area contributed by atoms with E-state index in [-0.39, 0.29) is 12.3 Å². The van der Waals surface area contributed by atoms with Crippen LogP contribution in [0, 0.1) is 0 Å². The number of benzene rings is 3. The second-order valence-corrected chi connectivity index (χ2v) is 6.61. The molecule has 0 aliphatic rings. The summed E-state index contributed by atoms with van der Waals surface area (Å²) < 4.78 is 5.80. The Labute approximate surface area is 162 Å². The molecule has 3 aromatic carbocycles. The molecule has 26 heavy (non-hydrogen) atoms. The first-order valence-corrected chi connectivity index (χ1v) is 8.86. The molecular formula is C21H17Cl2NO2. The molecule has 3 aromatic rings. The van der Waals surface area contributed by atoms with E-state index in [2.05, 4.69) is 5.32 Å². The summed E-state index contributed by atoms with van der Waals surface area (Å²) in [6, 6.07) is 22.4. The molecule has 0 spiro atoms. The van der Waals surface area contributed by atoms with E-state index in [4.69, 9.17) is 27.9 Å². The fourth-order valence-corrected chi connectivity index (χ4v) is 2.91. The number of halogens is 2. The summed E-state index contributed by atoms with van der Waals surface area (Å²) in [5.74, 6) is 0.568. The van der Waals surface area contributed by atoms with E-state index in [1.165, 1.54) is 0 Å². The Morgan fingerprint density at radius 1 is 0.885 bits per heavy atom. The van der Waals surface area contributed by atoms with Gasteiger partial charge in [0, 0.05) is 5.02 Å². The van der Waals surface area contributed by atoms with Crippen LogP contribution in [0.4, 0.5) is 5.69 Å². The monoisotopic (exact) mass is 385 g/mol. The van der Waals surface area contributed by atoms with Crippen molar-refractivity contribution < 1.29 is 9.53 Å². The third-order valence-corrected chi connectivity index (χ3v) is 4.26. The molecule has 3 rings (SSSR count). The van der Waals surface area contributed by atoms with Crippen LogP contribution in [0.3, 0.4) is 0 Å². The third kappa shape index (κ3) is 5.25. The van der Waals surface area contributed by atoms with Gasteiger partial charge in [0.2, 0.25) is 5.91 Å². The number of carbonyl (C=O) groups excluding carboxylic acids is 1. The van der Waals surface area contributed by atoms with Gasteiger partial charge in [-0.05, 0) is 41.5 Å². The molecule has 0 atom stereocenters. The Morgan fingerprint density at radius 2 is 1.65 bits per heavy atom. The van der Waals surface area contributed by atoms with Crippen molar-refractivity contribution in [3.8, 4) is 5.75 Å². The maximum atomic E-state index is 12.3. The number of ether oxygens (including phenoxy) is 1. The number of rotatable bonds is 6. The summed E-state index contributed by atoms with van der Waals surface area (Å²) in [5.41, 5.74) is 2.49. The highest BCUT2D eigenvalue weighted by atomic mass is 35.5. The van der Waals surface area contributed by atoms with Crippen LogP contribution >= 0.6 is 23.2 Å². The van der Waals surface area contributed by atoms with Gasteiger partial charge in [0.05, 0.1) is 17.1 Å². The van der Waals surface area contributed by atoms with Gasteiger partial charge in [-0.25, -0.2) is 0 Å². The molecule has 0 heterocycles. The molecule has 132 valence electrons. The van der Waals surface area contributed by atoms with Crippen molar-refractivity contribution in [3.05, 3.63) is 94.0 Å². The van der Waals surface area contributed by atoms with Crippen LogP contribution in [0.1, 0.15) is 11.1 Å². The summed E-state index contributed by atoms with van der Waals surface area (Å²) in [7, 11) is 0. The zero-order valence-corrected chi connectivity index (χ0v) is 15.4. The molecule has 0 aliphatic carbocycles. The highest BCUT2D eigenvalue weighted by Crippen LogP contribution is 2.25. The Balaban J connectivity index is 1.60. The van der Waals surface area contributed by atoms with Crippen LogP contribution in [0.2, 0.25) is 10.0 Å². The van der Waals surface area contributed by atoms with Crippen molar-refractivity contribution in [2.45, 2.75) is 13.0 Å². The molecule has 3 nitrogen and oxygen atoms in total. The average molecular weight is 386 g/mol. The van der Waals surface area contributed by atoms with Crippen molar-refractivity contribution >= 4 is 34.8 Å². The molecule has 5 heteroatoms. The minimum absolute atomic E-state index is 0.158. The van der Waals surface area contributed by atoms with Gasteiger partial charge in [0.25, 0.3) is 0 Å². The van der Waals surface area contributed by atoms with E-state index in [0.29, 0.717) is 22.3 Å². The first kappa shape index (κ1) is 18.3. The van der Waals surface area contributed by atoms with Crippen molar-refractivity contribution in [2.24, 2.45) is 0 Å². The lowest BCUT2D eigenvalue weighted by molar-refractivity contribution is -0.115. The van der Waals surface area contributed by atoms with Gasteiger partial charge in [-0.1, -0.05) is 65.7 Å². The highest BCUT2D eigenvalue weighted by Gasteiger charge is 2.08. The van der Waals surface area contributed by atoms with Crippen molar-refractivity contribution in [3.63, 3.8) is 0 Å². The highest BCUT2D eigenvalue weighted by molar-refractivity contribution is 6.36. The van der Waals surface area contributed by atoms with Crippen LogP contribution in [0.15, 0.2) is 72.8 Å². The molecule has 1 N–H and O–H groups in total. The first-order chi connectivity index (χ1) is 12.6. The Hall–Kier alpha value is -2.49. The lowest BCUT2D eigenvalue weighted by atomic mass is 10.1. The maximum absolute atomic E-state index is 12.3. The summed E-state index contributed by atoms with van der Waals surface area (Å²) in [6.45, 7) is 0.483. The van der Waals surface area contributed by atoms with Crippen molar-refractivity contribution in [1.82, 2.24) is 0 Å². The number of nitrogens with one attached hydrogen (secondary N) is 1. The Kier molecular flexibility index (Phi) is 6.16. The van der Waals surface area contributed by atoms with Crippen LogP contribution in [0.25, 0.3) is 0 Å². The molecule has 0 radical (unpaired) electrons. The Bertz CT molecular complexity index is 898. The minimum Gasteiger partial charge on any atom is -0.489 e. The van der Waals surface area contributed by atoms with E-state index >= 15 is 0 Å². The van der Waals surface area contributed by atoms with E-state index in [9.17, 15) is 4.79 Å². The first-order valence-electron chi connectivity index (χ1n) is 8.11. The van der Waals surface area contributed by atoms with Gasteiger partial charge >= 0.3 is 0 Å². The van der Waals surface area contributed by atoms with Crippen molar-refractivity contribution in [2.75, 3.05) is 5.32 Å². The molecule has 0 saturated heterocycles. The van der Waals surface area contributed by atoms with Gasteiger partial charge in [-0.15, -0.1) is 0 Å². The van der Waals surface area contributed by atoms with E-state index < -0.39 is 0 Å². The smallest absolute Gasteiger partial charge is 0.228 e. The number of hydrogen-bond donors (Lipinski definition) is 1. The Morgan fingerprint density at radius 3 is 2.42 bits per heavy atom. The van der Waals surface area contributed by atoms with Crippen LogP contribution in [-0.2, 0) is 17.8 Å². The lowest BCUT2D eigenvalue weighted by Gasteiger charge is -2.10. The topological polar surface area (TPSA) is 38.3 Å². The molecular weight excluding hydrogens is 369 g/mol. The largest absolute Gasteiger partial charge is 0.489 e. The van der Waals surface area contributed by atoms with Gasteiger partial charge in [0.1, 0.15) is 12.4 Å². The molecule has 0 saturated carbocycles. The second-order valence-electron chi connectivity index (χ2n) is 5.77. The van der Waals surface area contributed by atoms with E-state index in [1.807, 2.05) is 54.6 Å². The fraction of sp³-hybridized carbons (Fsp3) is 0.0952. The van der Waals surface area contributed by atoms with Gasteiger partial charge in [0.15, 0.2) is 0 Å². The number of carbonyl (C=O) groups is 1. The van der Waals surface area contributed by atoms with Crippen molar-refractivity contribution in [1.29, 1.82) is 0 Å². The number of hydrogen-bond acceptors (Lipinski definition) is 2. The van der Waals surface area contributed by atoms with E-state index in [1.54, 1.807) is 18.2 Å². The molecule has 0 bridgehead atoms. The lowest BCUT2D eigenvalue weighted by Crippen LogP contribution is -2.14. The fourth-order valence-electron chi connectivity index (χ4n) is 2.46. The molecule has 0 unspecified atom stereocenters.